The number of allylic oxidation sites excluding steroid dienone is 1. The van der Waals surface area contributed by atoms with Gasteiger partial charge in [-0.3, -0.25) is 0 Å². The Kier molecular flexibility index (Phi) is 3.30. The highest BCUT2D eigenvalue weighted by atomic mass is 16.5. The minimum atomic E-state index is 0.0307. The van der Waals surface area contributed by atoms with E-state index in [2.05, 4.69) is 32.1 Å². The SMILES string of the molecule is CCC1(CC)C=C[C@H](C2=CCCCC2)O1. The first kappa shape index (κ1) is 10.9. The molecule has 1 aliphatic carbocycles. The lowest BCUT2D eigenvalue weighted by Gasteiger charge is -2.28. The molecule has 1 atom stereocenters. The Hall–Kier alpha value is -0.560. The molecule has 0 unspecified atom stereocenters. The Morgan fingerprint density at radius 1 is 1.33 bits per heavy atom. The molecule has 0 spiro atoms. The topological polar surface area (TPSA) is 9.23 Å². The molecule has 1 heterocycles. The van der Waals surface area contributed by atoms with Crippen molar-refractivity contribution in [3.05, 3.63) is 23.8 Å². The third-order valence-electron chi connectivity index (χ3n) is 3.82. The average Bonchev–Trinajstić information content (AvgIpc) is 2.75. The van der Waals surface area contributed by atoms with Crippen LogP contribution in [0.4, 0.5) is 0 Å². The molecule has 0 aromatic heterocycles. The van der Waals surface area contributed by atoms with E-state index >= 15 is 0 Å². The van der Waals surface area contributed by atoms with E-state index in [1.807, 2.05) is 0 Å². The van der Waals surface area contributed by atoms with E-state index in [-0.39, 0.29) is 11.7 Å². The Morgan fingerprint density at radius 3 is 2.67 bits per heavy atom. The molecular formula is C14H22O. The molecule has 1 aliphatic heterocycles. The highest BCUT2D eigenvalue weighted by Crippen LogP contribution is 2.35. The van der Waals surface area contributed by atoms with Gasteiger partial charge in [0.15, 0.2) is 0 Å². The number of hydrogen-bond donors (Lipinski definition) is 0. The van der Waals surface area contributed by atoms with Gasteiger partial charge in [-0.1, -0.05) is 32.1 Å². The van der Waals surface area contributed by atoms with Crippen molar-refractivity contribution in [2.75, 3.05) is 0 Å². The molecule has 2 rings (SSSR count). The lowest BCUT2D eigenvalue weighted by atomic mass is 9.95. The number of rotatable bonds is 3. The zero-order chi connectivity index (χ0) is 10.7. The van der Waals surface area contributed by atoms with Gasteiger partial charge in [-0.25, -0.2) is 0 Å². The van der Waals surface area contributed by atoms with Crippen molar-refractivity contribution in [3.8, 4) is 0 Å². The van der Waals surface area contributed by atoms with Crippen molar-refractivity contribution in [2.24, 2.45) is 0 Å². The van der Waals surface area contributed by atoms with Crippen LogP contribution in [0.5, 0.6) is 0 Å². The van der Waals surface area contributed by atoms with Gasteiger partial charge in [-0.15, -0.1) is 0 Å². The van der Waals surface area contributed by atoms with Gasteiger partial charge in [0.25, 0.3) is 0 Å². The zero-order valence-corrected chi connectivity index (χ0v) is 9.96. The van der Waals surface area contributed by atoms with Crippen molar-refractivity contribution in [3.63, 3.8) is 0 Å². The van der Waals surface area contributed by atoms with E-state index in [0.717, 1.165) is 12.8 Å². The third kappa shape index (κ3) is 2.17. The standard InChI is InChI=1S/C14H22O/c1-3-14(4-2)11-10-13(15-14)12-8-6-5-7-9-12/h8,10-11,13H,3-7,9H2,1-2H3/t13-/m1/s1. The Balaban J connectivity index is 2.04. The third-order valence-corrected chi connectivity index (χ3v) is 3.82. The smallest absolute Gasteiger partial charge is 0.0979 e. The molecule has 0 aromatic carbocycles. The number of hydrogen-bond acceptors (Lipinski definition) is 1. The molecule has 1 heteroatoms. The normalized spacial score (nSPS) is 29.2. The van der Waals surface area contributed by atoms with Crippen LogP contribution in [0.3, 0.4) is 0 Å². The van der Waals surface area contributed by atoms with Crippen LogP contribution >= 0.6 is 0 Å². The second kappa shape index (κ2) is 4.52. The van der Waals surface area contributed by atoms with E-state index in [9.17, 15) is 0 Å². The summed E-state index contributed by atoms with van der Waals surface area (Å²) in [5.41, 5.74) is 1.55. The summed E-state index contributed by atoms with van der Waals surface area (Å²) in [4.78, 5) is 0. The van der Waals surface area contributed by atoms with Gasteiger partial charge in [-0.05, 0) is 44.1 Å². The van der Waals surface area contributed by atoms with Crippen LogP contribution < -0.4 is 0 Å². The van der Waals surface area contributed by atoms with Crippen molar-refractivity contribution >= 4 is 0 Å². The van der Waals surface area contributed by atoms with E-state index in [1.54, 1.807) is 0 Å². The van der Waals surface area contributed by atoms with Crippen LogP contribution in [0.15, 0.2) is 23.8 Å². The molecule has 0 saturated heterocycles. The molecule has 84 valence electrons. The molecule has 0 fully saturated rings. The second-order valence-corrected chi connectivity index (χ2v) is 4.69. The maximum Gasteiger partial charge on any atom is 0.0979 e. The summed E-state index contributed by atoms with van der Waals surface area (Å²) in [6.07, 6.45) is 14.6. The van der Waals surface area contributed by atoms with Gasteiger partial charge >= 0.3 is 0 Å². The summed E-state index contributed by atoms with van der Waals surface area (Å²) in [7, 11) is 0. The van der Waals surface area contributed by atoms with E-state index in [1.165, 1.54) is 31.3 Å². The molecule has 0 radical (unpaired) electrons. The predicted molar refractivity (Wildman–Crippen MR) is 63.9 cm³/mol. The van der Waals surface area contributed by atoms with E-state index in [4.69, 9.17) is 4.74 Å². The van der Waals surface area contributed by atoms with Crippen LogP contribution in [-0.2, 0) is 4.74 Å². The minimum Gasteiger partial charge on any atom is -0.359 e. The van der Waals surface area contributed by atoms with E-state index < -0.39 is 0 Å². The fourth-order valence-corrected chi connectivity index (χ4v) is 2.57. The molecular weight excluding hydrogens is 184 g/mol. The molecule has 0 aromatic rings. The Bertz CT molecular complexity index is 271. The van der Waals surface area contributed by atoms with Crippen molar-refractivity contribution in [1.82, 2.24) is 0 Å². The summed E-state index contributed by atoms with van der Waals surface area (Å²) in [6, 6.07) is 0. The molecule has 0 bridgehead atoms. The molecule has 2 aliphatic rings. The summed E-state index contributed by atoms with van der Waals surface area (Å²) < 4.78 is 6.21. The predicted octanol–water partition coefficient (Wildman–Crippen LogP) is 4.00. The molecule has 1 nitrogen and oxygen atoms in total. The van der Waals surface area contributed by atoms with Gasteiger partial charge in [0.2, 0.25) is 0 Å². The zero-order valence-electron chi connectivity index (χ0n) is 9.96. The monoisotopic (exact) mass is 206 g/mol. The molecule has 0 N–H and O–H groups in total. The summed E-state index contributed by atoms with van der Waals surface area (Å²) >= 11 is 0. The molecule has 15 heavy (non-hydrogen) atoms. The fraction of sp³-hybridized carbons (Fsp3) is 0.714. The number of ether oxygens (including phenoxy) is 1. The first-order valence-corrected chi connectivity index (χ1v) is 6.36. The average molecular weight is 206 g/mol. The highest BCUT2D eigenvalue weighted by Gasteiger charge is 2.33. The lowest BCUT2D eigenvalue weighted by molar-refractivity contribution is -0.0157. The minimum absolute atomic E-state index is 0.0307. The van der Waals surface area contributed by atoms with Crippen molar-refractivity contribution < 1.29 is 4.74 Å². The van der Waals surface area contributed by atoms with Crippen LogP contribution in [0.25, 0.3) is 0 Å². The summed E-state index contributed by atoms with van der Waals surface area (Å²) in [5, 5.41) is 0. The summed E-state index contributed by atoms with van der Waals surface area (Å²) in [5.74, 6) is 0. The Morgan fingerprint density at radius 2 is 2.13 bits per heavy atom. The van der Waals surface area contributed by atoms with Gasteiger partial charge in [-0.2, -0.15) is 0 Å². The van der Waals surface area contributed by atoms with Crippen molar-refractivity contribution in [1.29, 1.82) is 0 Å². The first-order valence-electron chi connectivity index (χ1n) is 6.36. The van der Waals surface area contributed by atoms with Gasteiger partial charge < -0.3 is 4.74 Å². The second-order valence-electron chi connectivity index (χ2n) is 4.69. The van der Waals surface area contributed by atoms with Crippen LogP contribution in [0.1, 0.15) is 52.4 Å². The Labute approximate surface area is 93.2 Å². The lowest BCUT2D eigenvalue weighted by Crippen LogP contribution is -2.28. The summed E-state index contributed by atoms with van der Waals surface area (Å²) in [6.45, 7) is 4.43. The van der Waals surface area contributed by atoms with Crippen molar-refractivity contribution in [2.45, 2.75) is 64.1 Å². The van der Waals surface area contributed by atoms with Crippen LogP contribution in [0.2, 0.25) is 0 Å². The largest absolute Gasteiger partial charge is 0.359 e. The fourth-order valence-electron chi connectivity index (χ4n) is 2.57. The quantitative estimate of drug-likeness (QED) is 0.634. The van der Waals surface area contributed by atoms with Crippen LogP contribution in [-0.4, -0.2) is 11.7 Å². The van der Waals surface area contributed by atoms with Gasteiger partial charge in [0.1, 0.15) is 0 Å². The first-order chi connectivity index (χ1) is 7.29. The molecule has 0 amide bonds. The van der Waals surface area contributed by atoms with Gasteiger partial charge in [0, 0.05) is 0 Å². The maximum atomic E-state index is 6.21. The maximum absolute atomic E-state index is 6.21. The highest BCUT2D eigenvalue weighted by molar-refractivity contribution is 5.24. The molecule has 0 saturated carbocycles. The van der Waals surface area contributed by atoms with Gasteiger partial charge in [0.05, 0.1) is 11.7 Å². The van der Waals surface area contributed by atoms with Crippen LogP contribution in [0, 0.1) is 0 Å². The van der Waals surface area contributed by atoms with E-state index in [0.29, 0.717) is 0 Å².